The minimum Gasteiger partial charge on any atom is -0.367 e. The normalized spacial score (nSPS) is 15.8. The number of carbonyl (C=O) groups is 2. The second kappa shape index (κ2) is 9.51. The van der Waals surface area contributed by atoms with E-state index in [0.29, 0.717) is 19.7 Å². The third kappa shape index (κ3) is 4.78. The highest BCUT2D eigenvalue weighted by Crippen LogP contribution is 2.29. The van der Waals surface area contributed by atoms with Crippen molar-refractivity contribution in [3.05, 3.63) is 71.3 Å². The van der Waals surface area contributed by atoms with E-state index in [2.05, 4.69) is 19.1 Å². The fraction of sp³-hybridized carbons (Fsp3) is 0.391. The highest BCUT2D eigenvalue weighted by Gasteiger charge is 2.28. The molecule has 1 unspecified atom stereocenters. The first kappa shape index (κ1) is 20.1. The molecule has 0 radical (unpaired) electrons. The molecular weight excluding hydrogens is 352 g/mol. The Hall–Kier alpha value is -2.66. The summed E-state index contributed by atoms with van der Waals surface area (Å²) in [6.45, 7) is 5.57. The minimum atomic E-state index is -0.156. The molecule has 2 amide bonds. The summed E-state index contributed by atoms with van der Waals surface area (Å²) in [6.07, 6.45) is 0.854. The van der Waals surface area contributed by atoms with Crippen LogP contribution in [0.2, 0.25) is 0 Å². The lowest BCUT2D eigenvalue weighted by Gasteiger charge is -2.36. The molecule has 5 nitrogen and oxygen atoms in total. The van der Waals surface area contributed by atoms with E-state index in [1.807, 2.05) is 54.3 Å². The molecule has 0 bridgehead atoms. The van der Waals surface area contributed by atoms with Crippen LogP contribution >= 0.6 is 0 Å². The number of amides is 2. The Morgan fingerprint density at radius 2 is 1.82 bits per heavy atom. The molecule has 5 heteroatoms. The average molecular weight is 380 g/mol. The van der Waals surface area contributed by atoms with Crippen LogP contribution < -0.4 is 0 Å². The molecule has 2 aromatic rings. The SMILES string of the molecule is CCN(CC(=O)N1CCc2ccccc2C1C)C(=O)COCc1ccccc1. The topological polar surface area (TPSA) is 49.9 Å². The molecule has 1 heterocycles. The lowest BCUT2D eigenvalue weighted by Crippen LogP contribution is -2.46. The maximum absolute atomic E-state index is 12.9. The van der Waals surface area contributed by atoms with Gasteiger partial charge in [-0.2, -0.15) is 0 Å². The van der Waals surface area contributed by atoms with E-state index in [1.165, 1.54) is 11.1 Å². The minimum absolute atomic E-state index is 0.0136. The fourth-order valence-electron chi connectivity index (χ4n) is 3.66. The number of carbonyl (C=O) groups excluding carboxylic acids is 2. The Labute approximate surface area is 166 Å². The van der Waals surface area contributed by atoms with Gasteiger partial charge in [-0.1, -0.05) is 54.6 Å². The van der Waals surface area contributed by atoms with Crippen molar-refractivity contribution in [3.63, 3.8) is 0 Å². The van der Waals surface area contributed by atoms with Crippen LogP contribution in [0.4, 0.5) is 0 Å². The summed E-state index contributed by atoms with van der Waals surface area (Å²) in [4.78, 5) is 28.8. The molecular formula is C23H28N2O3. The van der Waals surface area contributed by atoms with Crippen LogP contribution in [-0.4, -0.2) is 47.9 Å². The van der Waals surface area contributed by atoms with Crippen molar-refractivity contribution in [2.45, 2.75) is 32.9 Å². The van der Waals surface area contributed by atoms with Crippen molar-refractivity contribution in [1.29, 1.82) is 0 Å². The van der Waals surface area contributed by atoms with Gasteiger partial charge >= 0.3 is 0 Å². The summed E-state index contributed by atoms with van der Waals surface area (Å²) in [5.41, 5.74) is 3.52. The molecule has 148 valence electrons. The molecule has 1 aliphatic heterocycles. The van der Waals surface area contributed by atoms with E-state index in [4.69, 9.17) is 4.74 Å². The van der Waals surface area contributed by atoms with E-state index in [0.717, 1.165) is 12.0 Å². The van der Waals surface area contributed by atoms with Crippen LogP contribution in [0.3, 0.4) is 0 Å². The van der Waals surface area contributed by atoms with Crippen molar-refractivity contribution < 1.29 is 14.3 Å². The van der Waals surface area contributed by atoms with Gasteiger partial charge in [0.1, 0.15) is 6.61 Å². The third-order valence-electron chi connectivity index (χ3n) is 5.31. The van der Waals surface area contributed by atoms with E-state index in [9.17, 15) is 9.59 Å². The number of likely N-dealkylation sites (N-methyl/N-ethyl adjacent to an activating group) is 1. The summed E-state index contributed by atoms with van der Waals surface area (Å²) >= 11 is 0. The van der Waals surface area contributed by atoms with E-state index >= 15 is 0 Å². The second-order valence-corrected chi connectivity index (χ2v) is 7.10. The number of benzene rings is 2. The molecule has 0 spiro atoms. The van der Waals surface area contributed by atoms with Crippen molar-refractivity contribution in [1.82, 2.24) is 9.80 Å². The Bertz CT molecular complexity index is 807. The van der Waals surface area contributed by atoms with Crippen LogP contribution in [0.1, 0.15) is 36.6 Å². The predicted octanol–water partition coefficient (Wildman–Crippen LogP) is 3.20. The standard InChI is InChI=1S/C23H28N2O3/c1-3-24(23(27)17-28-16-19-9-5-4-6-10-19)15-22(26)25-14-13-20-11-7-8-12-21(20)18(25)2/h4-12,18H,3,13-17H2,1-2H3. The van der Waals surface area contributed by atoms with E-state index < -0.39 is 0 Å². The summed E-state index contributed by atoms with van der Waals surface area (Å²) in [5, 5.41) is 0. The van der Waals surface area contributed by atoms with Gasteiger partial charge in [-0.15, -0.1) is 0 Å². The maximum atomic E-state index is 12.9. The van der Waals surface area contributed by atoms with Crippen molar-refractivity contribution in [3.8, 4) is 0 Å². The summed E-state index contributed by atoms with van der Waals surface area (Å²) in [6, 6.07) is 18.0. The van der Waals surface area contributed by atoms with Crippen molar-refractivity contribution in [2.24, 2.45) is 0 Å². The van der Waals surface area contributed by atoms with Gasteiger partial charge in [0.15, 0.2) is 0 Å². The van der Waals surface area contributed by atoms with Gasteiger partial charge in [0.05, 0.1) is 19.2 Å². The van der Waals surface area contributed by atoms with Gasteiger partial charge in [0.2, 0.25) is 11.8 Å². The largest absolute Gasteiger partial charge is 0.367 e. The first-order valence-corrected chi connectivity index (χ1v) is 9.87. The van der Waals surface area contributed by atoms with E-state index in [-0.39, 0.29) is 31.0 Å². The highest BCUT2D eigenvalue weighted by molar-refractivity contribution is 5.85. The van der Waals surface area contributed by atoms with E-state index in [1.54, 1.807) is 4.90 Å². The van der Waals surface area contributed by atoms with Gasteiger partial charge in [0.25, 0.3) is 0 Å². The maximum Gasteiger partial charge on any atom is 0.249 e. The smallest absolute Gasteiger partial charge is 0.249 e. The first-order valence-electron chi connectivity index (χ1n) is 9.87. The molecule has 0 aromatic heterocycles. The average Bonchev–Trinajstić information content (AvgIpc) is 2.73. The van der Waals surface area contributed by atoms with Crippen LogP contribution in [0.5, 0.6) is 0 Å². The zero-order valence-electron chi connectivity index (χ0n) is 16.6. The van der Waals surface area contributed by atoms with Gasteiger partial charge in [-0.3, -0.25) is 9.59 Å². The van der Waals surface area contributed by atoms with Gasteiger partial charge in [-0.05, 0) is 37.0 Å². The van der Waals surface area contributed by atoms with Crippen LogP contribution in [-0.2, 0) is 27.4 Å². The Balaban J connectivity index is 1.53. The number of ether oxygens (including phenoxy) is 1. The van der Waals surface area contributed by atoms with Crippen LogP contribution in [0.25, 0.3) is 0 Å². The fourth-order valence-corrected chi connectivity index (χ4v) is 3.66. The predicted molar refractivity (Wildman–Crippen MR) is 109 cm³/mol. The van der Waals surface area contributed by atoms with Crippen LogP contribution in [0.15, 0.2) is 54.6 Å². The van der Waals surface area contributed by atoms with Crippen LogP contribution in [0, 0.1) is 0 Å². The molecule has 2 aromatic carbocycles. The highest BCUT2D eigenvalue weighted by atomic mass is 16.5. The number of hydrogen-bond acceptors (Lipinski definition) is 3. The molecule has 28 heavy (non-hydrogen) atoms. The Morgan fingerprint density at radius 3 is 2.57 bits per heavy atom. The van der Waals surface area contributed by atoms with Gasteiger partial charge in [0, 0.05) is 13.1 Å². The quantitative estimate of drug-likeness (QED) is 0.741. The molecule has 3 rings (SSSR count). The van der Waals surface area contributed by atoms with Gasteiger partial charge in [-0.25, -0.2) is 0 Å². The Morgan fingerprint density at radius 1 is 1.11 bits per heavy atom. The third-order valence-corrected chi connectivity index (χ3v) is 5.31. The molecule has 0 saturated carbocycles. The summed E-state index contributed by atoms with van der Waals surface area (Å²) in [5.74, 6) is -0.169. The number of rotatable bonds is 7. The van der Waals surface area contributed by atoms with Crippen molar-refractivity contribution >= 4 is 11.8 Å². The molecule has 1 atom stereocenters. The number of hydrogen-bond donors (Lipinski definition) is 0. The summed E-state index contributed by atoms with van der Waals surface area (Å²) in [7, 11) is 0. The van der Waals surface area contributed by atoms with Crippen molar-refractivity contribution in [2.75, 3.05) is 26.2 Å². The number of fused-ring (bicyclic) bond motifs is 1. The zero-order chi connectivity index (χ0) is 19.9. The lowest BCUT2D eigenvalue weighted by molar-refractivity contribution is -0.144. The lowest BCUT2D eigenvalue weighted by atomic mass is 9.93. The monoisotopic (exact) mass is 380 g/mol. The molecule has 0 N–H and O–H groups in total. The number of nitrogens with zero attached hydrogens (tertiary/aromatic N) is 2. The molecule has 0 aliphatic carbocycles. The second-order valence-electron chi connectivity index (χ2n) is 7.10. The molecule has 1 aliphatic rings. The zero-order valence-corrected chi connectivity index (χ0v) is 16.6. The first-order chi connectivity index (χ1) is 13.6. The summed E-state index contributed by atoms with van der Waals surface area (Å²) < 4.78 is 5.54. The molecule has 0 fully saturated rings. The Kier molecular flexibility index (Phi) is 6.82. The molecule has 0 saturated heterocycles. The van der Waals surface area contributed by atoms with Gasteiger partial charge < -0.3 is 14.5 Å².